The minimum atomic E-state index is -0.859. The van der Waals surface area contributed by atoms with Crippen molar-refractivity contribution < 1.29 is 23.9 Å². The first kappa shape index (κ1) is 23.7. The van der Waals surface area contributed by atoms with Crippen LogP contribution in [-0.2, 0) is 27.4 Å². The number of para-hydroxylation sites is 2. The number of pyridine rings is 1. The first-order chi connectivity index (χ1) is 17.7. The van der Waals surface area contributed by atoms with Gasteiger partial charge in [0.25, 0.3) is 0 Å². The summed E-state index contributed by atoms with van der Waals surface area (Å²) in [6.45, 7) is 2.52. The Hall–Kier alpha value is -4.00. The number of methoxy groups -OCH3 is 1. The molecule has 0 aliphatic heterocycles. The minimum absolute atomic E-state index is 0.0668. The summed E-state index contributed by atoms with van der Waals surface area (Å²) in [5.41, 5.74) is 5.42. The predicted octanol–water partition coefficient (Wildman–Crippen LogP) is 5.15. The summed E-state index contributed by atoms with van der Waals surface area (Å²) >= 11 is 0. The van der Waals surface area contributed by atoms with Crippen LogP contribution in [0.25, 0.3) is 44.9 Å². The Labute approximate surface area is 209 Å². The Morgan fingerprint density at radius 3 is 2.50 bits per heavy atom. The molecular weight excluding hydrogens is 452 g/mol. The van der Waals surface area contributed by atoms with Gasteiger partial charge in [0.05, 0.1) is 25.2 Å². The normalized spacial score (nSPS) is 11.8. The lowest BCUT2D eigenvalue weighted by atomic mass is 10.1. The zero-order valence-corrected chi connectivity index (χ0v) is 20.3. The third-order valence-electron chi connectivity index (χ3n) is 6.41. The van der Waals surface area contributed by atoms with Crippen LogP contribution in [0.3, 0.4) is 0 Å². The van der Waals surface area contributed by atoms with E-state index in [1.165, 1.54) is 21.8 Å². The van der Waals surface area contributed by atoms with Crippen LogP contribution in [0.15, 0.2) is 79.0 Å². The number of carbonyl (C=O) groups is 1. The molecule has 0 aliphatic carbocycles. The van der Waals surface area contributed by atoms with E-state index >= 15 is 0 Å². The average molecular weight is 482 g/mol. The Morgan fingerprint density at radius 1 is 0.889 bits per heavy atom. The SMILES string of the molecule is COCCOCCn1c2ccccc2c2cc(/C=C/c3cc[n+](CC(=O)O)c4ccccc34)ccc21. The summed E-state index contributed by atoms with van der Waals surface area (Å²) in [4.78, 5) is 11.3. The zero-order valence-electron chi connectivity index (χ0n) is 20.3. The van der Waals surface area contributed by atoms with Gasteiger partial charge in [-0.1, -0.05) is 48.6 Å². The number of carboxylic acids is 1. The lowest BCUT2D eigenvalue weighted by Gasteiger charge is -2.08. The van der Waals surface area contributed by atoms with E-state index in [0.717, 1.165) is 28.6 Å². The molecule has 0 aliphatic rings. The molecule has 2 heterocycles. The Morgan fingerprint density at radius 2 is 1.67 bits per heavy atom. The summed E-state index contributed by atoms with van der Waals surface area (Å²) < 4.78 is 14.9. The topological polar surface area (TPSA) is 64.6 Å². The molecule has 0 atom stereocenters. The van der Waals surface area contributed by atoms with Crippen LogP contribution in [0.4, 0.5) is 0 Å². The van der Waals surface area contributed by atoms with Crippen LogP contribution in [0, 0.1) is 0 Å². The van der Waals surface area contributed by atoms with Gasteiger partial charge in [-0.05, 0) is 35.4 Å². The van der Waals surface area contributed by atoms with Crippen molar-refractivity contribution in [3.63, 3.8) is 0 Å². The molecule has 0 amide bonds. The van der Waals surface area contributed by atoms with Crippen molar-refractivity contribution in [3.05, 3.63) is 90.1 Å². The van der Waals surface area contributed by atoms with E-state index in [2.05, 4.69) is 59.2 Å². The number of aliphatic carboxylic acids is 1. The van der Waals surface area contributed by atoms with Crippen molar-refractivity contribution in [2.75, 3.05) is 26.9 Å². The van der Waals surface area contributed by atoms with Crippen molar-refractivity contribution >= 4 is 50.8 Å². The summed E-state index contributed by atoms with van der Waals surface area (Å²) in [6, 6.07) is 24.9. The van der Waals surface area contributed by atoms with E-state index in [-0.39, 0.29) is 6.54 Å². The molecular formula is C30H29N2O4+. The quantitative estimate of drug-likeness (QED) is 0.221. The number of ether oxygens (including phenoxy) is 2. The number of rotatable bonds is 10. The standard InChI is InChI=1S/C30H28N2O4/c1-35-18-19-36-17-16-32-28-9-5-3-7-25(28)26-20-22(11-13-29(26)32)10-12-23-14-15-31(21-30(33)34)27-8-4-2-6-24(23)27/h2-15,20H,16-19,21H2,1H3/p+1. The summed E-state index contributed by atoms with van der Waals surface area (Å²) in [6.07, 6.45) is 6.04. The lowest BCUT2D eigenvalue weighted by molar-refractivity contribution is -0.660. The van der Waals surface area contributed by atoms with Crippen LogP contribution in [0.2, 0.25) is 0 Å². The fourth-order valence-corrected chi connectivity index (χ4v) is 4.74. The molecule has 36 heavy (non-hydrogen) atoms. The summed E-state index contributed by atoms with van der Waals surface area (Å²) in [7, 11) is 1.68. The van der Waals surface area contributed by atoms with Gasteiger partial charge in [-0.3, -0.25) is 0 Å². The fraction of sp³-hybridized carbons (Fsp3) is 0.200. The van der Waals surface area contributed by atoms with Crippen LogP contribution in [-0.4, -0.2) is 42.6 Å². The van der Waals surface area contributed by atoms with Crippen molar-refractivity contribution in [2.45, 2.75) is 13.1 Å². The maximum atomic E-state index is 11.3. The molecule has 0 spiro atoms. The zero-order chi connectivity index (χ0) is 24.9. The smallest absolute Gasteiger partial charge is 0.370 e. The van der Waals surface area contributed by atoms with E-state index in [1.807, 2.05) is 36.5 Å². The second-order valence-corrected chi connectivity index (χ2v) is 8.69. The third kappa shape index (κ3) is 4.87. The lowest BCUT2D eigenvalue weighted by Crippen LogP contribution is -2.38. The molecule has 2 aromatic heterocycles. The van der Waals surface area contributed by atoms with Crippen molar-refractivity contribution in [1.82, 2.24) is 4.57 Å². The molecule has 0 saturated heterocycles. The molecule has 6 nitrogen and oxygen atoms in total. The Bertz CT molecular complexity index is 1570. The molecule has 5 rings (SSSR count). The van der Waals surface area contributed by atoms with E-state index < -0.39 is 5.97 Å². The van der Waals surface area contributed by atoms with Crippen molar-refractivity contribution in [1.29, 1.82) is 0 Å². The highest BCUT2D eigenvalue weighted by Crippen LogP contribution is 2.30. The number of benzene rings is 3. The maximum absolute atomic E-state index is 11.3. The van der Waals surface area contributed by atoms with Crippen molar-refractivity contribution in [2.24, 2.45) is 0 Å². The van der Waals surface area contributed by atoms with Crippen molar-refractivity contribution in [3.8, 4) is 0 Å². The second-order valence-electron chi connectivity index (χ2n) is 8.69. The highest BCUT2D eigenvalue weighted by molar-refractivity contribution is 6.08. The molecule has 1 N–H and O–H groups in total. The molecule has 182 valence electrons. The first-order valence-electron chi connectivity index (χ1n) is 12.0. The van der Waals surface area contributed by atoms with E-state index in [1.54, 1.807) is 11.7 Å². The predicted molar refractivity (Wildman–Crippen MR) is 143 cm³/mol. The molecule has 0 unspecified atom stereocenters. The highest BCUT2D eigenvalue weighted by Gasteiger charge is 2.14. The monoisotopic (exact) mass is 481 g/mol. The van der Waals surface area contributed by atoms with Crippen LogP contribution in [0.1, 0.15) is 11.1 Å². The van der Waals surface area contributed by atoms with Gasteiger partial charge in [0.15, 0.2) is 6.20 Å². The number of fused-ring (bicyclic) bond motifs is 4. The molecule has 3 aromatic carbocycles. The molecule has 0 fully saturated rings. The molecule has 0 bridgehead atoms. The second kappa shape index (κ2) is 10.7. The van der Waals surface area contributed by atoms with Crippen LogP contribution >= 0.6 is 0 Å². The Balaban J connectivity index is 1.48. The Kier molecular flexibility index (Phi) is 7.07. The van der Waals surface area contributed by atoms with Gasteiger partial charge in [0, 0.05) is 47.6 Å². The van der Waals surface area contributed by atoms with E-state index in [4.69, 9.17) is 9.47 Å². The molecule has 5 aromatic rings. The molecule has 0 saturated carbocycles. The van der Waals surface area contributed by atoms with Crippen LogP contribution < -0.4 is 4.57 Å². The van der Waals surface area contributed by atoms with E-state index in [0.29, 0.717) is 19.8 Å². The molecule has 0 radical (unpaired) electrons. The number of aromatic nitrogens is 2. The number of hydrogen-bond donors (Lipinski definition) is 1. The van der Waals surface area contributed by atoms with Gasteiger partial charge >= 0.3 is 5.97 Å². The van der Waals surface area contributed by atoms with Gasteiger partial charge in [-0.2, -0.15) is 4.57 Å². The largest absolute Gasteiger partial charge is 0.477 e. The summed E-state index contributed by atoms with van der Waals surface area (Å²) in [5, 5.41) is 12.7. The summed E-state index contributed by atoms with van der Waals surface area (Å²) in [5.74, 6) is -0.859. The van der Waals surface area contributed by atoms with Gasteiger partial charge < -0.3 is 19.1 Å². The minimum Gasteiger partial charge on any atom is -0.477 e. The van der Waals surface area contributed by atoms with Gasteiger partial charge in [-0.25, -0.2) is 4.79 Å². The third-order valence-corrected chi connectivity index (χ3v) is 6.41. The van der Waals surface area contributed by atoms with Gasteiger partial charge in [0.1, 0.15) is 0 Å². The van der Waals surface area contributed by atoms with E-state index in [9.17, 15) is 9.90 Å². The van der Waals surface area contributed by atoms with Gasteiger partial charge in [-0.15, -0.1) is 0 Å². The fourth-order valence-electron chi connectivity index (χ4n) is 4.74. The number of carboxylic acid groups (broad SMARTS) is 1. The maximum Gasteiger partial charge on any atom is 0.370 e. The number of nitrogens with zero attached hydrogens (tertiary/aromatic N) is 2. The first-order valence-corrected chi connectivity index (χ1v) is 12.0. The highest BCUT2D eigenvalue weighted by atomic mass is 16.5. The van der Waals surface area contributed by atoms with Gasteiger partial charge in [0.2, 0.25) is 12.1 Å². The molecule has 6 heteroatoms. The number of hydrogen-bond acceptors (Lipinski definition) is 3. The van der Waals surface area contributed by atoms with Crippen LogP contribution in [0.5, 0.6) is 0 Å². The average Bonchev–Trinajstić information content (AvgIpc) is 3.21.